The smallest absolute Gasteiger partial charge is 0.266 e. The molecule has 1 aromatic heterocycles. The molecule has 10 heteroatoms. The lowest BCUT2D eigenvalue weighted by Gasteiger charge is -2.36. The van der Waals surface area contributed by atoms with Crippen molar-refractivity contribution in [3.05, 3.63) is 53.9 Å². The van der Waals surface area contributed by atoms with Crippen molar-refractivity contribution in [2.45, 2.75) is 33.4 Å². The van der Waals surface area contributed by atoms with Gasteiger partial charge in [-0.3, -0.25) is 9.69 Å². The Morgan fingerprint density at radius 3 is 2.49 bits per heavy atom. The van der Waals surface area contributed by atoms with Gasteiger partial charge in [0.25, 0.3) is 5.91 Å². The van der Waals surface area contributed by atoms with Gasteiger partial charge in [-0.05, 0) is 45.0 Å². The second-order valence-electron chi connectivity index (χ2n) is 9.02. The number of hydrogen-bond acceptors (Lipinski definition) is 7. The number of carbonyl (C=O) groups is 1. The van der Waals surface area contributed by atoms with E-state index in [-0.39, 0.29) is 11.9 Å². The zero-order valence-electron chi connectivity index (χ0n) is 20.7. The molecular formula is C25H33N5O4S. The number of benzene rings is 2. The van der Waals surface area contributed by atoms with Gasteiger partial charge in [-0.2, -0.15) is 0 Å². The quantitative estimate of drug-likeness (QED) is 0.509. The zero-order valence-corrected chi connectivity index (χ0v) is 21.5. The monoisotopic (exact) mass is 499 g/mol. The number of nitrogens with one attached hydrogen (secondary N) is 1. The number of piperazine rings is 1. The van der Waals surface area contributed by atoms with Crippen LogP contribution in [-0.4, -0.2) is 66.8 Å². The van der Waals surface area contributed by atoms with Crippen molar-refractivity contribution in [3.8, 4) is 5.75 Å². The Balaban J connectivity index is 1.51. The summed E-state index contributed by atoms with van der Waals surface area (Å²) in [7, 11) is -1.63. The number of amides is 1. The number of anilines is 1. The van der Waals surface area contributed by atoms with Crippen LogP contribution in [0.4, 0.5) is 5.69 Å². The van der Waals surface area contributed by atoms with E-state index in [0.717, 1.165) is 36.5 Å². The number of fused-ring (bicyclic) bond motifs is 1. The van der Waals surface area contributed by atoms with Gasteiger partial charge >= 0.3 is 0 Å². The first-order valence-electron chi connectivity index (χ1n) is 11.9. The Bertz CT molecular complexity index is 1310. The van der Waals surface area contributed by atoms with E-state index in [4.69, 9.17) is 9.72 Å². The molecule has 0 unspecified atom stereocenters. The first-order chi connectivity index (χ1) is 16.7. The molecule has 35 heavy (non-hydrogen) atoms. The van der Waals surface area contributed by atoms with E-state index in [1.807, 2.05) is 45.2 Å². The molecule has 1 aliphatic heterocycles. The molecule has 0 radical (unpaired) electrons. The highest BCUT2D eigenvalue weighted by Crippen LogP contribution is 2.28. The van der Waals surface area contributed by atoms with Crippen molar-refractivity contribution in [2.75, 3.05) is 36.8 Å². The summed E-state index contributed by atoms with van der Waals surface area (Å²) in [5.74, 6) is 0.868. The van der Waals surface area contributed by atoms with E-state index in [1.54, 1.807) is 12.1 Å². The van der Waals surface area contributed by atoms with Gasteiger partial charge in [0.05, 0.1) is 40.7 Å². The van der Waals surface area contributed by atoms with Crippen LogP contribution in [0.5, 0.6) is 5.75 Å². The van der Waals surface area contributed by atoms with E-state index >= 15 is 0 Å². The van der Waals surface area contributed by atoms with Crippen LogP contribution in [0.1, 0.15) is 37.0 Å². The molecule has 3 aromatic rings. The third kappa shape index (κ3) is 5.76. The first kappa shape index (κ1) is 25.0. The normalized spacial score (nSPS) is 15.1. The molecule has 1 aliphatic rings. The molecule has 188 valence electrons. The van der Waals surface area contributed by atoms with Crippen molar-refractivity contribution >= 4 is 32.7 Å². The minimum absolute atomic E-state index is 0.0202. The molecule has 0 aliphatic carbocycles. The summed E-state index contributed by atoms with van der Waals surface area (Å²) in [5.41, 5.74) is 3.10. The summed E-state index contributed by atoms with van der Waals surface area (Å²) >= 11 is 0. The molecule has 1 amide bonds. The molecule has 1 saturated heterocycles. The molecule has 0 bridgehead atoms. The molecule has 1 N–H and O–H groups in total. The third-order valence-electron chi connectivity index (χ3n) is 6.17. The predicted octanol–water partition coefficient (Wildman–Crippen LogP) is 2.76. The lowest BCUT2D eigenvalue weighted by Crippen LogP contribution is -2.47. The van der Waals surface area contributed by atoms with Crippen molar-refractivity contribution < 1.29 is 17.9 Å². The second kappa shape index (κ2) is 10.2. The van der Waals surface area contributed by atoms with E-state index in [2.05, 4.69) is 25.2 Å². The summed E-state index contributed by atoms with van der Waals surface area (Å²) in [6.45, 7) is 9.06. The number of nitrogens with zero attached hydrogens (tertiary/aromatic N) is 4. The Kier molecular flexibility index (Phi) is 7.32. The molecule has 0 atom stereocenters. The number of hydrogen-bond donors (Lipinski definition) is 1. The average molecular weight is 500 g/mol. The predicted molar refractivity (Wildman–Crippen MR) is 137 cm³/mol. The maximum atomic E-state index is 12.9. The molecule has 0 spiro atoms. The van der Waals surface area contributed by atoms with E-state index in [0.29, 0.717) is 30.1 Å². The van der Waals surface area contributed by atoms with Crippen molar-refractivity contribution in [3.63, 3.8) is 0 Å². The van der Waals surface area contributed by atoms with Crippen LogP contribution in [0.3, 0.4) is 0 Å². The van der Waals surface area contributed by atoms with E-state index in [1.165, 1.54) is 6.92 Å². The van der Waals surface area contributed by atoms with Gasteiger partial charge < -0.3 is 14.2 Å². The zero-order chi connectivity index (χ0) is 25.2. The Labute approximate surface area is 206 Å². The summed E-state index contributed by atoms with van der Waals surface area (Å²) in [5, 5.41) is 0. The van der Waals surface area contributed by atoms with Crippen molar-refractivity contribution in [2.24, 2.45) is 7.05 Å². The Hall–Kier alpha value is -3.11. The lowest BCUT2D eigenvalue weighted by molar-refractivity contribution is 0.0981. The van der Waals surface area contributed by atoms with Crippen LogP contribution in [0, 0.1) is 0 Å². The van der Waals surface area contributed by atoms with E-state index in [9.17, 15) is 13.2 Å². The number of rotatable bonds is 8. The SMILES string of the molecule is CCS(=O)(=O)NC(=O)c1ccc(OC(C)C)cc1N1CCN(Cc2nc3ccccc3n2C)CC1. The van der Waals surface area contributed by atoms with Crippen molar-refractivity contribution in [1.82, 2.24) is 19.2 Å². The maximum absolute atomic E-state index is 12.9. The van der Waals surface area contributed by atoms with Gasteiger partial charge in [-0.25, -0.2) is 18.1 Å². The highest BCUT2D eigenvalue weighted by atomic mass is 32.2. The Morgan fingerprint density at radius 2 is 1.83 bits per heavy atom. The molecule has 2 aromatic carbocycles. The van der Waals surface area contributed by atoms with Crippen LogP contribution >= 0.6 is 0 Å². The standard InChI is InChI=1S/C25H33N5O4S/c1-5-35(32,33)27-25(31)20-11-10-19(34-18(2)3)16-23(20)30-14-12-29(13-15-30)17-24-26-21-8-6-7-9-22(21)28(24)4/h6-11,16,18H,5,12-15,17H2,1-4H3,(H,27,31). The number of carbonyl (C=O) groups excluding carboxylic acids is 1. The minimum atomic E-state index is -3.67. The van der Waals surface area contributed by atoms with Gasteiger partial charge in [0, 0.05) is 39.3 Å². The molecule has 0 saturated carbocycles. The second-order valence-corrected chi connectivity index (χ2v) is 11.0. The van der Waals surface area contributed by atoms with Gasteiger partial charge in [0.1, 0.15) is 11.6 Å². The maximum Gasteiger partial charge on any atom is 0.266 e. The fourth-order valence-corrected chi connectivity index (χ4v) is 4.80. The van der Waals surface area contributed by atoms with Crippen LogP contribution in [-0.2, 0) is 23.6 Å². The summed E-state index contributed by atoms with van der Waals surface area (Å²) in [6, 6.07) is 13.3. The topological polar surface area (TPSA) is 96.8 Å². The average Bonchev–Trinajstić information content (AvgIpc) is 3.14. The Morgan fingerprint density at radius 1 is 1.11 bits per heavy atom. The largest absolute Gasteiger partial charge is 0.491 e. The molecule has 4 rings (SSSR count). The van der Waals surface area contributed by atoms with Crippen LogP contribution in [0.25, 0.3) is 11.0 Å². The molecule has 9 nitrogen and oxygen atoms in total. The molecule has 2 heterocycles. The third-order valence-corrected chi connectivity index (χ3v) is 7.43. The number of para-hydroxylation sites is 2. The number of imidazole rings is 1. The number of ether oxygens (including phenoxy) is 1. The molecule has 1 fully saturated rings. The number of sulfonamides is 1. The van der Waals surface area contributed by atoms with Gasteiger partial charge in [-0.15, -0.1) is 0 Å². The number of aromatic nitrogens is 2. The highest BCUT2D eigenvalue weighted by Gasteiger charge is 2.25. The highest BCUT2D eigenvalue weighted by molar-refractivity contribution is 7.90. The summed E-state index contributed by atoms with van der Waals surface area (Å²) in [6.07, 6.45) is -0.0202. The fourth-order valence-electron chi connectivity index (χ4n) is 4.26. The minimum Gasteiger partial charge on any atom is -0.491 e. The van der Waals surface area contributed by atoms with Crippen LogP contribution in [0.15, 0.2) is 42.5 Å². The van der Waals surface area contributed by atoms with E-state index < -0.39 is 15.9 Å². The van der Waals surface area contributed by atoms with Crippen LogP contribution < -0.4 is 14.4 Å². The fraction of sp³-hybridized carbons (Fsp3) is 0.440. The van der Waals surface area contributed by atoms with Gasteiger partial charge in [-0.1, -0.05) is 12.1 Å². The lowest BCUT2D eigenvalue weighted by atomic mass is 10.1. The molecular weight excluding hydrogens is 466 g/mol. The van der Waals surface area contributed by atoms with Crippen LogP contribution in [0.2, 0.25) is 0 Å². The summed E-state index contributed by atoms with van der Waals surface area (Å²) in [4.78, 5) is 22.1. The summed E-state index contributed by atoms with van der Waals surface area (Å²) < 4.78 is 34.2. The van der Waals surface area contributed by atoms with Crippen molar-refractivity contribution in [1.29, 1.82) is 0 Å². The van der Waals surface area contributed by atoms with Gasteiger partial charge in [0.2, 0.25) is 10.0 Å². The van der Waals surface area contributed by atoms with Gasteiger partial charge in [0.15, 0.2) is 0 Å². The first-order valence-corrected chi connectivity index (χ1v) is 13.5. The number of aryl methyl sites for hydroxylation is 1.